The Morgan fingerprint density at radius 1 is 1.34 bits per heavy atom. The van der Waals surface area contributed by atoms with Gasteiger partial charge < -0.3 is 19.9 Å². The third-order valence-electron chi connectivity index (χ3n) is 6.17. The van der Waals surface area contributed by atoms with Crippen LogP contribution in [-0.4, -0.2) is 77.9 Å². The number of carbonyl (C=O) groups excluding carboxylic acids is 1. The van der Waals surface area contributed by atoms with Crippen LogP contribution in [0.25, 0.3) is 0 Å². The second-order valence-electron chi connectivity index (χ2n) is 8.79. The molecule has 9 nitrogen and oxygen atoms in total. The molecule has 0 radical (unpaired) electrons. The molecular formula is C25H27ClF2N4O5S. The fourth-order valence-corrected chi connectivity index (χ4v) is 5.34. The first-order valence-electron chi connectivity index (χ1n) is 12.0. The number of aromatic nitrogens is 1. The maximum absolute atomic E-state index is 14.5. The van der Waals surface area contributed by atoms with Gasteiger partial charge in [0.15, 0.2) is 10.8 Å². The molecule has 1 aromatic carbocycles. The summed E-state index contributed by atoms with van der Waals surface area (Å²) in [4.78, 5) is 35.1. The van der Waals surface area contributed by atoms with Crippen LogP contribution in [0.2, 0.25) is 5.02 Å². The molecule has 0 saturated carbocycles. The van der Waals surface area contributed by atoms with Crippen LogP contribution >= 0.6 is 22.9 Å². The van der Waals surface area contributed by atoms with Gasteiger partial charge in [0.2, 0.25) is 0 Å². The lowest BCUT2D eigenvalue weighted by molar-refractivity contribution is -0.143. The average molecular weight is 569 g/mol. The average Bonchev–Trinajstić information content (AvgIpc) is 3.40. The molecule has 1 saturated heterocycles. The molecule has 1 aromatic heterocycles. The highest BCUT2D eigenvalue weighted by Crippen LogP contribution is 2.37. The van der Waals surface area contributed by atoms with E-state index in [0.717, 1.165) is 6.07 Å². The Kier molecular flexibility index (Phi) is 9.42. The zero-order valence-corrected chi connectivity index (χ0v) is 22.1. The van der Waals surface area contributed by atoms with Gasteiger partial charge >= 0.3 is 11.9 Å². The number of amidine groups is 1. The van der Waals surface area contributed by atoms with Gasteiger partial charge in [-0.15, -0.1) is 11.3 Å². The summed E-state index contributed by atoms with van der Waals surface area (Å²) in [6.07, 6.45) is 1.27. The van der Waals surface area contributed by atoms with Gasteiger partial charge in [0, 0.05) is 47.0 Å². The quantitative estimate of drug-likeness (QED) is 0.417. The number of nitrogens with zero attached hydrogens (tertiary/aromatic N) is 3. The number of thiazole rings is 1. The normalized spacial score (nSPS) is 22.1. The van der Waals surface area contributed by atoms with E-state index in [2.05, 4.69) is 10.3 Å². The third kappa shape index (κ3) is 6.73. The number of alkyl halides is 1. The van der Waals surface area contributed by atoms with Gasteiger partial charge in [-0.05, 0) is 31.9 Å². The number of piperidine rings is 1. The summed E-state index contributed by atoms with van der Waals surface area (Å²) in [5, 5.41) is 14.5. The molecular weight excluding hydrogens is 542 g/mol. The molecule has 2 unspecified atom stereocenters. The monoisotopic (exact) mass is 568 g/mol. The Balaban J connectivity index is 1.76. The molecule has 13 heteroatoms. The lowest BCUT2D eigenvalue weighted by Crippen LogP contribution is -2.50. The van der Waals surface area contributed by atoms with Gasteiger partial charge in [0.25, 0.3) is 0 Å². The first kappa shape index (κ1) is 28.1. The molecule has 3 atom stereocenters. The van der Waals surface area contributed by atoms with Gasteiger partial charge in [0.05, 0.1) is 18.8 Å². The van der Waals surface area contributed by atoms with E-state index in [0.29, 0.717) is 34.9 Å². The molecule has 4 rings (SSSR count). The summed E-state index contributed by atoms with van der Waals surface area (Å²) in [5.74, 6) is -1.90. The van der Waals surface area contributed by atoms with Gasteiger partial charge in [0.1, 0.15) is 24.6 Å². The number of carboxylic acid groups (broad SMARTS) is 1. The Morgan fingerprint density at radius 3 is 2.84 bits per heavy atom. The number of esters is 1. The molecule has 0 spiro atoms. The van der Waals surface area contributed by atoms with Gasteiger partial charge in [-0.25, -0.2) is 23.4 Å². The maximum atomic E-state index is 14.5. The first-order valence-corrected chi connectivity index (χ1v) is 13.3. The minimum absolute atomic E-state index is 0.0636. The molecule has 2 aromatic rings. The summed E-state index contributed by atoms with van der Waals surface area (Å²) in [6.45, 7) is 1.55. The highest BCUT2D eigenvalue weighted by molar-refractivity contribution is 7.11. The fraction of sp³-hybridized carbons (Fsp3) is 0.440. The lowest BCUT2D eigenvalue weighted by atomic mass is 9.94. The number of aliphatic imine (C=N–C) groups is 1. The van der Waals surface area contributed by atoms with E-state index >= 15 is 0 Å². The van der Waals surface area contributed by atoms with Crippen molar-refractivity contribution >= 4 is 40.7 Å². The highest BCUT2D eigenvalue weighted by atomic mass is 35.5. The molecule has 38 heavy (non-hydrogen) atoms. The molecule has 204 valence electrons. The van der Waals surface area contributed by atoms with Crippen molar-refractivity contribution in [3.8, 4) is 0 Å². The van der Waals surface area contributed by atoms with Crippen molar-refractivity contribution in [3.63, 3.8) is 0 Å². The van der Waals surface area contributed by atoms with E-state index in [4.69, 9.17) is 31.2 Å². The highest BCUT2D eigenvalue weighted by Gasteiger charge is 2.37. The van der Waals surface area contributed by atoms with Crippen LogP contribution < -0.4 is 5.32 Å². The zero-order chi connectivity index (χ0) is 27.2. The Hall–Kier alpha value is -2.93. The number of rotatable bonds is 10. The number of hydrogen-bond acceptors (Lipinski definition) is 9. The number of ether oxygens (including phenoxy) is 2. The van der Waals surface area contributed by atoms with E-state index in [1.165, 1.54) is 23.5 Å². The smallest absolute Gasteiger partial charge is 0.338 e. The molecule has 3 heterocycles. The van der Waals surface area contributed by atoms with Crippen LogP contribution in [0.4, 0.5) is 8.78 Å². The summed E-state index contributed by atoms with van der Waals surface area (Å²) in [5.41, 5.74) is 0.964. The number of nitrogens with one attached hydrogen (secondary N) is 1. The third-order valence-corrected chi connectivity index (χ3v) is 7.28. The Labute approximate surface area is 227 Å². The van der Waals surface area contributed by atoms with Crippen LogP contribution in [-0.2, 0) is 19.1 Å². The maximum Gasteiger partial charge on any atom is 0.338 e. The fourth-order valence-electron chi connectivity index (χ4n) is 4.49. The second kappa shape index (κ2) is 12.7. The lowest BCUT2D eigenvalue weighted by Gasteiger charge is -2.39. The second-order valence-corrected chi connectivity index (χ2v) is 10.1. The van der Waals surface area contributed by atoms with E-state index in [9.17, 15) is 18.4 Å². The van der Waals surface area contributed by atoms with Crippen LogP contribution in [0, 0.1) is 5.82 Å². The minimum Gasteiger partial charge on any atom is -0.480 e. The standard InChI is InChI=1S/C25H27ClF2N4O5S/c1-2-37-25(35)21-19(11-32-10-15(28)3-5-16(32)12-36-13-20(33)34)30-23(24-29-7-8-38-24)31-22(21)17-6-4-14(27)9-18(17)26/h4,6-9,15-16,22H,2-3,5,10-13H2,1H3,(H,30,31)(H,33,34)/t15?,16?,22-/m0/s1. The van der Waals surface area contributed by atoms with Gasteiger partial charge in [-0.2, -0.15) is 0 Å². The zero-order valence-electron chi connectivity index (χ0n) is 20.5. The number of benzene rings is 1. The first-order chi connectivity index (χ1) is 18.3. The predicted octanol–water partition coefficient (Wildman–Crippen LogP) is 3.75. The van der Waals surface area contributed by atoms with Crippen LogP contribution in [0.15, 0.2) is 46.0 Å². The number of carbonyl (C=O) groups is 2. The molecule has 1 fully saturated rings. The van der Waals surface area contributed by atoms with Crippen LogP contribution in [0.1, 0.15) is 36.4 Å². The van der Waals surface area contributed by atoms with E-state index in [1.54, 1.807) is 18.5 Å². The van der Waals surface area contributed by atoms with Crippen molar-refractivity contribution in [1.82, 2.24) is 15.2 Å². The number of hydrogen-bond donors (Lipinski definition) is 2. The summed E-state index contributed by atoms with van der Waals surface area (Å²) >= 11 is 7.74. The van der Waals surface area contributed by atoms with Crippen molar-refractivity contribution in [3.05, 3.63) is 62.5 Å². The molecule has 2 aliphatic rings. The largest absolute Gasteiger partial charge is 0.480 e. The molecule has 0 aliphatic carbocycles. The van der Waals surface area contributed by atoms with Gasteiger partial charge in [-0.3, -0.25) is 9.89 Å². The number of carboxylic acids is 1. The SMILES string of the molecule is CCOC(=O)C1=C(CN2CC(F)CCC2COCC(=O)O)NC(c2nccs2)=N[C@H]1c1ccc(F)cc1Cl. The summed E-state index contributed by atoms with van der Waals surface area (Å²) < 4.78 is 39.1. The minimum atomic E-state index is -1.10. The van der Waals surface area contributed by atoms with Crippen molar-refractivity contribution < 1.29 is 33.0 Å². The number of likely N-dealkylation sites (tertiary alicyclic amines) is 1. The molecule has 2 N–H and O–H groups in total. The van der Waals surface area contributed by atoms with E-state index < -0.39 is 36.6 Å². The predicted molar refractivity (Wildman–Crippen MR) is 138 cm³/mol. The van der Waals surface area contributed by atoms with Crippen LogP contribution in [0.5, 0.6) is 0 Å². The number of halogens is 3. The summed E-state index contributed by atoms with van der Waals surface area (Å²) in [7, 11) is 0. The van der Waals surface area contributed by atoms with Gasteiger partial charge in [-0.1, -0.05) is 17.7 Å². The van der Waals surface area contributed by atoms with E-state index in [1.807, 2.05) is 4.90 Å². The van der Waals surface area contributed by atoms with Crippen molar-refractivity contribution in [1.29, 1.82) is 0 Å². The van der Waals surface area contributed by atoms with Crippen molar-refractivity contribution in [2.45, 2.75) is 38.0 Å². The van der Waals surface area contributed by atoms with E-state index in [-0.39, 0.29) is 42.9 Å². The molecule has 0 amide bonds. The van der Waals surface area contributed by atoms with Crippen molar-refractivity contribution in [2.24, 2.45) is 4.99 Å². The molecule has 2 aliphatic heterocycles. The number of aliphatic carboxylic acids is 1. The van der Waals surface area contributed by atoms with Crippen molar-refractivity contribution in [2.75, 3.05) is 32.9 Å². The Bertz CT molecular complexity index is 1230. The topological polar surface area (TPSA) is 113 Å². The van der Waals surface area contributed by atoms with Crippen LogP contribution in [0.3, 0.4) is 0 Å². The Morgan fingerprint density at radius 2 is 2.16 bits per heavy atom. The summed E-state index contributed by atoms with van der Waals surface area (Å²) in [6, 6.07) is 2.63. The molecule has 0 bridgehead atoms.